The topological polar surface area (TPSA) is 84.3 Å². The Labute approximate surface area is 97.0 Å². The van der Waals surface area contributed by atoms with Crippen LogP contribution in [0.25, 0.3) is 0 Å². The molecule has 1 amide bonds. The number of anilines is 1. The first-order chi connectivity index (χ1) is 8.01. The Bertz CT molecular complexity index is 462. The number of hydrogen-bond donors (Lipinski definition) is 2. The van der Waals surface area contributed by atoms with E-state index in [4.69, 9.17) is 0 Å². The normalized spacial score (nSPS) is 9.82. The number of nitro groups is 1. The van der Waals surface area contributed by atoms with Gasteiger partial charge in [-0.1, -0.05) is 0 Å². The molecule has 1 aromatic carbocycles. The quantitative estimate of drug-likeness (QED) is 0.618. The van der Waals surface area contributed by atoms with Gasteiger partial charge in [0.1, 0.15) is 11.5 Å². The number of nitrogens with one attached hydrogen (secondary N) is 2. The molecule has 1 rings (SSSR count). The van der Waals surface area contributed by atoms with Crippen molar-refractivity contribution < 1.29 is 14.1 Å². The summed E-state index contributed by atoms with van der Waals surface area (Å²) in [7, 11) is 1.44. The molecule has 0 aromatic heterocycles. The summed E-state index contributed by atoms with van der Waals surface area (Å²) in [5.74, 6) is -1.47. The smallest absolute Gasteiger partial charge is 0.293 e. The molecule has 92 valence electrons. The number of carbonyl (C=O) groups excluding carboxylic acids is 1. The van der Waals surface area contributed by atoms with E-state index in [1.807, 2.05) is 0 Å². The van der Waals surface area contributed by atoms with E-state index in [0.29, 0.717) is 6.54 Å². The van der Waals surface area contributed by atoms with E-state index in [2.05, 4.69) is 10.6 Å². The Hall–Kier alpha value is -2.18. The first kappa shape index (κ1) is 12.9. The van der Waals surface area contributed by atoms with Crippen molar-refractivity contribution in [3.63, 3.8) is 0 Å². The number of nitrogens with zero attached hydrogens (tertiary/aromatic N) is 1. The molecule has 17 heavy (non-hydrogen) atoms. The monoisotopic (exact) mass is 241 g/mol. The number of halogens is 1. The third-order valence-electron chi connectivity index (χ3n) is 2.13. The summed E-state index contributed by atoms with van der Waals surface area (Å²) in [6.45, 7) is 1.99. The van der Waals surface area contributed by atoms with Crippen LogP contribution in [0.5, 0.6) is 0 Å². The molecule has 6 nitrogen and oxygen atoms in total. The lowest BCUT2D eigenvalue weighted by Crippen LogP contribution is -2.24. The summed E-state index contributed by atoms with van der Waals surface area (Å²) >= 11 is 0. The van der Waals surface area contributed by atoms with Gasteiger partial charge in [-0.05, 0) is 6.92 Å². The molecule has 0 aliphatic rings. The molecule has 0 saturated heterocycles. The van der Waals surface area contributed by atoms with Crippen molar-refractivity contribution in [3.05, 3.63) is 33.6 Å². The maximum Gasteiger partial charge on any atom is 0.293 e. The SMILES string of the molecule is CCNC(=O)c1cc([N+](=O)[O-])c(NC)cc1F. The Morgan fingerprint density at radius 2 is 2.18 bits per heavy atom. The fourth-order valence-electron chi connectivity index (χ4n) is 1.34. The first-order valence-corrected chi connectivity index (χ1v) is 4.95. The summed E-state index contributed by atoms with van der Waals surface area (Å²) in [6.07, 6.45) is 0. The van der Waals surface area contributed by atoms with Crippen molar-refractivity contribution in [3.8, 4) is 0 Å². The van der Waals surface area contributed by atoms with Gasteiger partial charge in [0.15, 0.2) is 0 Å². The average molecular weight is 241 g/mol. The number of carbonyl (C=O) groups is 1. The van der Waals surface area contributed by atoms with Gasteiger partial charge in [-0.25, -0.2) is 4.39 Å². The second-order valence-electron chi connectivity index (χ2n) is 3.22. The standard InChI is InChI=1S/C10H12FN3O3/c1-3-13-10(15)6-4-9(14(16)17)8(12-2)5-7(6)11/h4-5,12H,3H2,1-2H3,(H,13,15). The van der Waals surface area contributed by atoms with Gasteiger partial charge in [-0.15, -0.1) is 0 Å². The number of rotatable bonds is 4. The second-order valence-corrected chi connectivity index (χ2v) is 3.22. The summed E-state index contributed by atoms with van der Waals surface area (Å²) in [4.78, 5) is 21.5. The van der Waals surface area contributed by atoms with Gasteiger partial charge >= 0.3 is 0 Å². The fraction of sp³-hybridized carbons (Fsp3) is 0.300. The minimum atomic E-state index is -0.800. The summed E-state index contributed by atoms with van der Waals surface area (Å²) in [6, 6.07) is 1.86. The highest BCUT2D eigenvalue weighted by Gasteiger charge is 2.21. The van der Waals surface area contributed by atoms with Crippen LogP contribution in [0.4, 0.5) is 15.8 Å². The molecule has 0 bridgehead atoms. The lowest BCUT2D eigenvalue weighted by atomic mass is 10.1. The second kappa shape index (κ2) is 5.24. The molecule has 0 saturated carbocycles. The summed E-state index contributed by atoms with van der Waals surface area (Å²) in [5, 5.41) is 15.6. The number of nitro benzene ring substituents is 1. The third kappa shape index (κ3) is 2.68. The minimum absolute atomic E-state index is 0.0283. The average Bonchev–Trinajstić information content (AvgIpc) is 2.28. The summed E-state index contributed by atoms with van der Waals surface area (Å²) < 4.78 is 13.5. The Kier molecular flexibility index (Phi) is 3.97. The zero-order chi connectivity index (χ0) is 13.0. The molecule has 1 aromatic rings. The van der Waals surface area contributed by atoms with Gasteiger partial charge in [0.25, 0.3) is 11.6 Å². The Balaban J connectivity index is 3.29. The summed E-state index contributed by atoms with van der Waals surface area (Å²) in [5.41, 5.74) is -0.645. The molecule has 7 heteroatoms. The van der Waals surface area contributed by atoms with Crippen LogP contribution in [0.15, 0.2) is 12.1 Å². The van der Waals surface area contributed by atoms with Gasteiger partial charge in [-0.2, -0.15) is 0 Å². The zero-order valence-electron chi connectivity index (χ0n) is 9.41. The molecule has 0 heterocycles. The van der Waals surface area contributed by atoms with Crippen molar-refractivity contribution >= 4 is 17.3 Å². The van der Waals surface area contributed by atoms with Crippen LogP contribution in [-0.4, -0.2) is 24.4 Å². The molecule has 0 atom stereocenters. The lowest BCUT2D eigenvalue weighted by molar-refractivity contribution is -0.384. The molecule has 0 spiro atoms. The highest BCUT2D eigenvalue weighted by molar-refractivity contribution is 5.96. The molecule has 0 fully saturated rings. The maximum atomic E-state index is 13.5. The van der Waals surface area contributed by atoms with Gasteiger partial charge in [0.05, 0.1) is 10.5 Å². The molecule has 0 aliphatic carbocycles. The van der Waals surface area contributed by atoms with Crippen LogP contribution in [0.1, 0.15) is 17.3 Å². The predicted octanol–water partition coefficient (Wildman–Crippen LogP) is 1.53. The zero-order valence-corrected chi connectivity index (χ0v) is 9.41. The van der Waals surface area contributed by atoms with Crippen LogP contribution >= 0.6 is 0 Å². The Morgan fingerprint density at radius 1 is 1.53 bits per heavy atom. The molecule has 0 unspecified atom stereocenters. The number of benzene rings is 1. The molecular formula is C10H12FN3O3. The van der Waals surface area contributed by atoms with E-state index in [9.17, 15) is 19.3 Å². The van der Waals surface area contributed by atoms with Crippen LogP contribution in [-0.2, 0) is 0 Å². The van der Waals surface area contributed by atoms with E-state index in [0.717, 1.165) is 12.1 Å². The molecular weight excluding hydrogens is 229 g/mol. The van der Waals surface area contributed by atoms with Crippen molar-refractivity contribution in [1.29, 1.82) is 0 Å². The largest absolute Gasteiger partial charge is 0.382 e. The number of amides is 1. The van der Waals surface area contributed by atoms with Gasteiger partial charge in [0.2, 0.25) is 0 Å². The van der Waals surface area contributed by atoms with E-state index in [1.165, 1.54) is 7.05 Å². The minimum Gasteiger partial charge on any atom is -0.382 e. The van der Waals surface area contributed by atoms with Gasteiger partial charge in [-0.3, -0.25) is 14.9 Å². The van der Waals surface area contributed by atoms with E-state index in [1.54, 1.807) is 6.92 Å². The van der Waals surface area contributed by atoms with Crippen LogP contribution in [0.2, 0.25) is 0 Å². The third-order valence-corrected chi connectivity index (χ3v) is 2.13. The number of hydrogen-bond acceptors (Lipinski definition) is 4. The van der Waals surface area contributed by atoms with Gasteiger partial charge < -0.3 is 10.6 Å². The van der Waals surface area contributed by atoms with Crippen molar-refractivity contribution in [1.82, 2.24) is 5.32 Å². The highest BCUT2D eigenvalue weighted by Crippen LogP contribution is 2.27. The maximum absolute atomic E-state index is 13.5. The van der Waals surface area contributed by atoms with E-state index in [-0.39, 0.29) is 16.9 Å². The Morgan fingerprint density at radius 3 is 2.65 bits per heavy atom. The van der Waals surface area contributed by atoms with Crippen molar-refractivity contribution in [2.24, 2.45) is 0 Å². The molecule has 0 aliphatic heterocycles. The van der Waals surface area contributed by atoms with E-state index >= 15 is 0 Å². The van der Waals surface area contributed by atoms with Crippen molar-refractivity contribution in [2.75, 3.05) is 18.9 Å². The van der Waals surface area contributed by atoms with Crippen LogP contribution < -0.4 is 10.6 Å². The molecule has 2 N–H and O–H groups in total. The van der Waals surface area contributed by atoms with Crippen LogP contribution in [0.3, 0.4) is 0 Å². The lowest BCUT2D eigenvalue weighted by Gasteiger charge is -2.07. The fourth-order valence-corrected chi connectivity index (χ4v) is 1.34. The predicted molar refractivity (Wildman–Crippen MR) is 60.6 cm³/mol. The van der Waals surface area contributed by atoms with Crippen molar-refractivity contribution in [2.45, 2.75) is 6.92 Å². The van der Waals surface area contributed by atoms with Gasteiger partial charge in [0, 0.05) is 25.7 Å². The van der Waals surface area contributed by atoms with E-state index < -0.39 is 16.6 Å². The molecule has 0 radical (unpaired) electrons. The first-order valence-electron chi connectivity index (χ1n) is 4.95. The highest BCUT2D eigenvalue weighted by atomic mass is 19.1. The van der Waals surface area contributed by atoms with Crippen LogP contribution in [0, 0.1) is 15.9 Å².